The zero-order valence-electron chi connectivity index (χ0n) is 14.5. The molecule has 0 amide bonds. The van der Waals surface area contributed by atoms with Crippen LogP contribution in [0.2, 0.25) is 5.02 Å². The summed E-state index contributed by atoms with van der Waals surface area (Å²) in [5.41, 5.74) is 4.46. The molecular weight excluding hydrogens is 332 g/mol. The van der Waals surface area contributed by atoms with E-state index in [1.807, 2.05) is 12.1 Å². The van der Waals surface area contributed by atoms with Crippen molar-refractivity contribution < 1.29 is 4.74 Å². The van der Waals surface area contributed by atoms with Gasteiger partial charge in [-0.25, -0.2) is 4.98 Å². The number of halogens is 1. The summed E-state index contributed by atoms with van der Waals surface area (Å²) in [6.07, 6.45) is 7.15. The minimum absolute atomic E-state index is 0.390. The smallest absolute Gasteiger partial charge is 0.217 e. The number of hydrogen-bond acceptors (Lipinski definition) is 3. The highest BCUT2D eigenvalue weighted by Crippen LogP contribution is 2.44. The predicted octanol–water partition coefficient (Wildman–Crippen LogP) is 4.80. The molecule has 1 aromatic carbocycles. The summed E-state index contributed by atoms with van der Waals surface area (Å²) in [5.74, 6) is 1.38. The summed E-state index contributed by atoms with van der Waals surface area (Å²) in [6.45, 7) is 1.08. The van der Waals surface area contributed by atoms with Gasteiger partial charge in [0.15, 0.2) is 0 Å². The van der Waals surface area contributed by atoms with E-state index in [4.69, 9.17) is 21.3 Å². The maximum atomic E-state index is 6.08. The maximum Gasteiger partial charge on any atom is 0.217 e. The number of nitrogens with one attached hydrogen (secondary N) is 1. The van der Waals surface area contributed by atoms with Crippen molar-refractivity contribution in [3.05, 3.63) is 64.3 Å². The van der Waals surface area contributed by atoms with E-state index in [1.165, 1.54) is 24.8 Å². The third kappa shape index (κ3) is 3.73. The number of rotatable bonds is 5. The molecule has 2 heterocycles. The van der Waals surface area contributed by atoms with Gasteiger partial charge in [-0.3, -0.25) is 0 Å². The first-order valence-corrected chi connectivity index (χ1v) is 9.39. The van der Waals surface area contributed by atoms with Gasteiger partial charge in [0.1, 0.15) is 0 Å². The van der Waals surface area contributed by atoms with E-state index in [0.717, 1.165) is 40.7 Å². The first-order valence-electron chi connectivity index (χ1n) is 9.01. The molecule has 1 N–H and O–H groups in total. The van der Waals surface area contributed by atoms with Gasteiger partial charge in [-0.15, -0.1) is 0 Å². The van der Waals surface area contributed by atoms with Crippen molar-refractivity contribution in [3.8, 4) is 5.88 Å². The number of hydrogen-bond donors (Lipinski definition) is 1. The lowest BCUT2D eigenvalue weighted by Crippen LogP contribution is -2.19. The number of benzene rings is 1. The van der Waals surface area contributed by atoms with Gasteiger partial charge in [-0.05, 0) is 61.9 Å². The van der Waals surface area contributed by atoms with Crippen LogP contribution in [-0.2, 0) is 0 Å². The molecule has 0 spiro atoms. The van der Waals surface area contributed by atoms with Crippen LogP contribution >= 0.6 is 11.6 Å². The Morgan fingerprint density at radius 2 is 1.96 bits per heavy atom. The monoisotopic (exact) mass is 354 g/mol. The highest BCUT2D eigenvalue weighted by molar-refractivity contribution is 6.30. The van der Waals surface area contributed by atoms with Gasteiger partial charge >= 0.3 is 0 Å². The number of nitrogens with zero attached hydrogens (tertiary/aromatic N) is 1. The molecule has 1 saturated heterocycles. The molecule has 1 saturated carbocycles. The highest BCUT2D eigenvalue weighted by atomic mass is 35.5. The summed E-state index contributed by atoms with van der Waals surface area (Å²) < 4.78 is 5.59. The minimum Gasteiger partial charge on any atom is -0.481 e. The molecule has 4 rings (SSSR count). The lowest BCUT2D eigenvalue weighted by atomic mass is 9.98. The second kappa shape index (κ2) is 7.19. The zero-order valence-corrected chi connectivity index (χ0v) is 15.2. The fourth-order valence-corrected chi connectivity index (χ4v) is 3.61. The van der Waals surface area contributed by atoms with Crippen molar-refractivity contribution in [2.24, 2.45) is 0 Å². The first-order chi connectivity index (χ1) is 12.2. The van der Waals surface area contributed by atoms with Crippen molar-refractivity contribution in [2.45, 2.75) is 37.6 Å². The van der Waals surface area contributed by atoms with E-state index in [-0.39, 0.29) is 0 Å². The molecule has 1 aromatic heterocycles. The SMILES string of the molecule is COc1nc(/C(=C/[C@H]2CCCN2)c2ccc(Cl)cc2)ccc1C1CC1. The van der Waals surface area contributed by atoms with E-state index in [1.54, 1.807) is 7.11 Å². The molecule has 130 valence electrons. The number of pyridine rings is 1. The van der Waals surface area contributed by atoms with Crippen LogP contribution in [0.25, 0.3) is 5.57 Å². The summed E-state index contributed by atoms with van der Waals surface area (Å²) in [6, 6.07) is 12.7. The van der Waals surface area contributed by atoms with Crippen molar-refractivity contribution in [1.29, 1.82) is 0 Å². The van der Waals surface area contributed by atoms with Crippen LogP contribution in [0, 0.1) is 0 Å². The highest BCUT2D eigenvalue weighted by Gasteiger charge is 2.28. The molecular formula is C21H23ClN2O. The molecule has 2 aromatic rings. The first kappa shape index (κ1) is 16.6. The lowest BCUT2D eigenvalue weighted by Gasteiger charge is -2.14. The van der Waals surface area contributed by atoms with Gasteiger partial charge in [0.2, 0.25) is 5.88 Å². The van der Waals surface area contributed by atoms with Crippen LogP contribution in [0.3, 0.4) is 0 Å². The second-order valence-electron chi connectivity index (χ2n) is 6.86. The molecule has 0 bridgehead atoms. The fourth-order valence-electron chi connectivity index (χ4n) is 3.48. The Balaban J connectivity index is 1.75. The van der Waals surface area contributed by atoms with Crippen LogP contribution in [0.15, 0.2) is 42.5 Å². The summed E-state index contributed by atoms with van der Waals surface area (Å²) in [7, 11) is 1.71. The van der Waals surface area contributed by atoms with E-state index in [9.17, 15) is 0 Å². The van der Waals surface area contributed by atoms with Crippen LogP contribution in [0.5, 0.6) is 5.88 Å². The Bertz CT molecular complexity index is 775. The predicted molar refractivity (Wildman–Crippen MR) is 102 cm³/mol. The van der Waals surface area contributed by atoms with Gasteiger partial charge in [0.25, 0.3) is 0 Å². The Labute approximate surface area is 154 Å². The standard InChI is InChI=1S/C21H23ClN2O/c1-25-21-18(14-4-5-14)10-11-20(24-21)19(13-17-3-2-12-23-17)15-6-8-16(22)9-7-15/h6-11,13-14,17,23H,2-5,12H2,1H3/b19-13+/t17-/m1/s1. The number of aromatic nitrogens is 1. The van der Waals surface area contributed by atoms with E-state index < -0.39 is 0 Å². The summed E-state index contributed by atoms with van der Waals surface area (Å²) >= 11 is 6.08. The van der Waals surface area contributed by atoms with E-state index in [2.05, 4.69) is 35.7 Å². The number of methoxy groups -OCH3 is 1. The van der Waals surface area contributed by atoms with Crippen LogP contribution in [0.4, 0.5) is 0 Å². The van der Waals surface area contributed by atoms with Crippen molar-refractivity contribution in [1.82, 2.24) is 10.3 Å². The molecule has 3 nitrogen and oxygen atoms in total. The average molecular weight is 355 g/mol. The van der Waals surface area contributed by atoms with Crippen molar-refractivity contribution >= 4 is 17.2 Å². The van der Waals surface area contributed by atoms with Crippen molar-refractivity contribution in [2.75, 3.05) is 13.7 Å². The van der Waals surface area contributed by atoms with Crippen LogP contribution in [-0.4, -0.2) is 24.7 Å². The maximum absolute atomic E-state index is 6.08. The summed E-state index contributed by atoms with van der Waals surface area (Å²) in [4.78, 5) is 4.84. The molecule has 2 fully saturated rings. The minimum atomic E-state index is 0.390. The van der Waals surface area contributed by atoms with E-state index >= 15 is 0 Å². The van der Waals surface area contributed by atoms with Crippen molar-refractivity contribution in [3.63, 3.8) is 0 Å². The van der Waals surface area contributed by atoms with Gasteiger partial charge in [-0.1, -0.05) is 35.9 Å². The third-order valence-corrected chi connectivity index (χ3v) is 5.25. The fraction of sp³-hybridized carbons (Fsp3) is 0.381. The van der Waals surface area contributed by atoms with E-state index in [0.29, 0.717) is 12.0 Å². The molecule has 25 heavy (non-hydrogen) atoms. The lowest BCUT2D eigenvalue weighted by molar-refractivity contribution is 0.392. The van der Waals surface area contributed by atoms with Crippen LogP contribution < -0.4 is 10.1 Å². The molecule has 1 aliphatic carbocycles. The Morgan fingerprint density at radius 3 is 2.60 bits per heavy atom. The molecule has 0 unspecified atom stereocenters. The Kier molecular flexibility index (Phi) is 4.78. The summed E-state index contributed by atoms with van der Waals surface area (Å²) in [5, 5.41) is 4.29. The molecule has 0 radical (unpaired) electrons. The second-order valence-corrected chi connectivity index (χ2v) is 7.30. The number of ether oxygens (including phenoxy) is 1. The quantitative estimate of drug-likeness (QED) is 0.837. The molecule has 4 heteroatoms. The normalized spacial score (nSPS) is 20.7. The van der Waals surface area contributed by atoms with Gasteiger partial charge in [0.05, 0.1) is 12.8 Å². The third-order valence-electron chi connectivity index (χ3n) is 5.00. The zero-order chi connectivity index (χ0) is 17.2. The molecule has 1 aliphatic heterocycles. The van der Waals surface area contributed by atoms with Crippen LogP contribution in [0.1, 0.15) is 48.4 Å². The molecule has 2 aliphatic rings. The van der Waals surface area contributed by atoms with Gasteiger partial charge in [-0.2, -0.15) is 0 Å². The van der Waals surface area contributed by atoms with Gasteiger partial charge < -0.3 is 10.1 Å². The average Bonchev–Trinajstić information content (AvgIpc) is 3.36. The Morgan fingerprint density at radius 1 is 1.16 bits per heavy atom. The topological polar surface area (TPSA) is 34.1 Å². The molecule has 1 atom stereocenters. The Hall–Kier alpha value is -1.84. The van der Waals surface area contributed by atoms with Gasteiger partial charge in [0, 0.05) is 22.2 Å². The largest absolute Gasteiger partial charge is 0.481 e.